The van der Waals surface area contributed by atoms with E-state index in [1.165, 1.54) is 0 Å². The Bertz CT molecular complexity index is 414. The van der Waals surface area contributed by atoms with Crippen LogP contribution in [0.15, 0.2) is 0 Å². The molecule has 2 aliphatic rings. The second-order valence-electron chi connectivity index (χ2n) is 5.25. The van der Waals surface area contributed by atoms with Gasteiger partial charge in [0.05, 0.1) is 6.54 Å². The van der Waals surface area contributed by atoms with E-state index in [-0.39, 0.29) is 30.4 Å². The maximum absolute atomic E-state index is 11.9. The van der Waals surface area contributed by atoms with Gasteiger partial charge in [0.25, 0.3) is 0 Å². The number of piperidine rings is 2. The van der Waals surface area contributed by atoms with Crippen LogP contribution in [0, 0.1) is 5.92 Å². The lowest BCUT2D eigenvalue weighted by atomic mass is 9.85. The average Bonchev–Trinajstić information content (AvgIpc) is 2.43. The highest BCUT2D eigenvalue weighted by Gasteiger charge is 2.35. The number of urea groups is 1. The molecule has 3 amide bonds. The number of carboxylic acid groups (broad SMARTS) is 1. The van der Waals surface area contributed by atoms with Crippen molar-refractivity contribution in [2.45, 2.75) is 31.4 Å². The number of carbonyl (C=O) groups excluding carboxylic acids is 2. The minimum absolute atomic E-state index is 0.0636. The molecule has 4 N–H and O–H groups in total. The van der Waals surface area contributed by atoms with E-state index in [9.17, 15) is 14.4 Å². The number of carboxylic acids is 1. The molecular weight excluding hydrogens is 266 g/mol. The molecule has 0 radical (unpaired) electrons. The van der Waals surface area contributed by atoms with E-state index in [4.69, 9.17) is 10.2 Å². The summed E-state index contributed by atoms with van der Waals surface area (Å²) in [7, 11) is 0. The van der Waals surface area contributed by atoms with Gasteiger partial charge in [-0.25, -0.2) is 9.59 Å². The van der Waals surface area contributed by atoms with Crippen molar-refractivity contribution < 1.29 is 24.6 Å². The van der Waals surface area contributed by atoms with Crippen molar-refractivity contribution >= 4 is 17.9 Å². The molecule has 112 valence electrons. The van der Waals surface area contributed by atoms with Crippen LogP contribution in [0.5, 0.6) is 0 Å². The van der Waals surface area contributed by atoms with Crippen LogP contribution in [0.1, 0.15) is 19.3 Å². The number of amides is 3. The number of nitrogens with zero attached hydrogens (tertiary/aromatic N) is 1. The molecule has 8 heteroatoms. The summed E-state index contributed by atoms with van der Waals surface area (Å²) in [6.45, 7) is 0.742. The number of rotatable bonds is 3. The van der Waals surface area contributed by atoms with E-state index in [0.717, 1.165) is 6.42 Å². The molecule has 2 unspecified atom stereocenters. The molecule has 0 spiro atoms. The average molecular weight is 285 g/mol. The van der Waals surface area contributed by atoms with Gasteiger partial charge in [0, 0.05) is 25.6 Å². The third-order valence-corrected chi connectivity index (χ3v) is 3.84. The van der Waals surface area contributed by atoms with Crippen LogP contribution in [0.25, 0.3) is 0 Å². The van der Waals surface area contributed by atoms with Crippen molar-refractivity contribution in [2.75, 3.05) is 19.6 Å². The van der Waals surface area contributed by atoms with Gasteiger partial charge in [0.1, 0.15) is 0 Å². The minimum atomic E-state index is -1.59. The molecule has 2 rings (SSSR count). The van der Waals surface area contributed by atoms with E-state index < -0.39 is 12.1 Å². The molecule has 0 aliphatic carbocycles. The number of carbonyl (C=O) groups is 3. The Morgan fingerprint density at radius 2 is 2.20 bits per heavy atom. The Kier molecular flexibility index (Phi) is 4.43. The quantitative estimate of drug-likeness (QED) is 0.516. The van der Waals surface area contributed by atoms with E-state index in [1.807, 2.05) is 0 Å². The van der Waals surface area contributed by atoms with Gasteiger partial charge >= 0.3 is 12.0 Å². The fourth-order valence-corrected chi connectivity index (χ4v) is 2.68. The molecule has 20 heavy (non-hydrogen) atoms. The van der Waals surface area contributed by atoms with Crippen LogP contribution >= 0.6 is 0 Å². The van der Waals surface area contributed by atoms with Crippen molar-refractivity contribution in [3.05, 3.63) is 0 Å². The number of aliphatic hydroxyl groups excluding tert-OH is 1. The van der Waals surface area contributed by atoms with Crippen molar-refractivity contribution in [3.8, 4) is 0 Å². The maximum atomic E-state index is 11.9. The van der Waals surface area contributed by atoms with Crippen molar-refractivity contribution in [2.24, 2.45) is 5.92 Å². The molecule has 2 fully saturated rings. The second-order valence-corrected chi connectivity index (χ2v) is 5.25. The first kappa shape index (κ1) is 14.6. The van der Waals surface area contributed by atoms with Crippen LogP contribution in [0.2, 0.25) is 0 Å². The topological polar surface area (TPSA) is 119 Å². The zero-order chi connectivity index (χ0) is 14.7. The number of fused-ring (bicyclic) bond motifs is 1. The minimum Gasteiger partial charge on any atom is -0.479 e. The predicted molar refractivity (Wildman–Crippen MR) is 67.9 cm³/mol. The Balaban J connectivity index is 1.81. The zero-order valence-electron chi connectivity index (χ0n) is 11.0. The van der Waals surface area contributed by atoms with E-state index in [2.05, 4.69) is 10.6 Å². The first-order chi connectivity index (χ1) is 9.47. The summed E-state index contributed by atoms with van der Waals surface area (Å²) in [5, 5.41) is 23.0. The number of aliphatic carboxylic acids is 1. The van der Waals surface area contributed by atoms with Gasteiger partial charge in [-0.1, -0.05) is 0 Å². The number of likely N-dealkylation sites (tertiary alicyclic amines) is 1. The van der Waals surface area contributed by atoms with Crippen molar-refractivity contribution in [1.82, 2.24) is 15.5 Å². The lowest BCUT2D eigenvalue weighted by Gasteiger charge is -2.41. The SMILES string of the molecule is O=C1CCC2CN(C(=O)NC[C@H](O)C(=O)O)CCC2N1. The monoisotopic (exact) mass is 285 g/mol. The third-order valence-electron chi connectivity index (χ3n) is 3.84. The largest absolute Gasteiger partial charge is 0.479 e. The van der Waals surface area contributed by atoms with E-state index >= 15 is 0 Å². The molecule has 0 saturated carbocycles. The molecule has 2 heterocycles. The molecule has 2 saturated heterocycles. The normalized spacial score (nSPS) is 27.2. The number of nitrogens with one attached hydrogen (secondary N) is 2. The van der Waals surface area contributed by atoms with Crippen LogP contribution in [0.3, 0.4) is 0 Å². The van der Waals surface area contributed by atoms with Gasteiger partial charge in [-0.15, -0.1) is 0 Å². The lowest BCUT2D eigenvalue weighted by Crippen LogP contribution is -2.57. The van der Waals surface area contributed by atoms with Crippen LogP contribution in [0.4, 0.5) is 4.79 Å². The van der Waals surface area contributed by atoms with Crippen LogP contribution in [-0.4, -0.2) is 64.8 Å². The van der Waals surface area contributed by atoms with E-state index in [1.54, 1.807) is 4.90 Å². The second kappa shape index (κ2) is 6.08. The first-order valence-corrected chi connectivity index (χ1v) is 6.70. The summed E-state index contributed by atoms with van der Waals surface area (Å²) < 4.78 is 0. The Hall–Kier alpha value is -1.83. The fourth-order valence-electron chi connectivity index (χ4n) is 2.68. The van der Waals surface area contributed by atoms with Gasteiger partial charge in [-0.2, -0.15) is 0 Å². The fraction of sp³-hybridized carbons (Fsp3) is 0.750. The number of hydrogen-bond donors (Lipinski definition) is 4. The summed E-state index contributed by atoms with van der Waals surface area (Å²) in [4.78, 5) is 35.2. The summed E-state index contributed by atoms with van der Waals surface area (Å²) >= 11 is 0. The number of aliphatic hydroxyl groups is 1. The van der Waals surface area contributed by atoms with E-state index in [0.29, 0.717) is 25.9 Å². The third kappa shape index (κ3) is 3.38. The summed E-state index contributed by atoms with van der Waals surface area (Å²) in [6.07, 6.45) is 0.350. The summed E-state index contributed by atoms with van der Waals surface area (Å²) in [6, 6.07) is -0.245. The lowest BCUT2D eigenvalue weighted by molar-refractivity contribution is -0.146. The highest BCUT2D eigenvalue weighted by Crippen LogP contribution is 2.25. The molecule has 8 nitrogen and oxygen atoms in total. The molecule has 0 aromatic heterocycles. The van der Waals surface area contributed by atoms with Crippen molar-refractivity contribution in [1.29, 1.82) is 0 Å². The molecule has 0 bridgehead atoms. The van der Waals surface area contributed by atoms with Gasteiger partial charge in [0.2, 0.25) is 5.91 Å². The Labute approximate surface area is 116 Å². The van der Waals surface area contributed by atoms with Gasteiger partial charge < -0.3 is 25.7 Å². The van der Waals surface area contributed by atoms with Crippen LogP contribution < -0.4 is 10.6 Å². The maximum Gasteiger partial charge on any atom is 0.334 e. The highest BCUT2D eigenvalue weighted by molar-refractivity contribution is 5.78. The standard InChI is InChI=1S/C12H19N3O5/c16-9(11(18)19)5-13-12(20)15-4-3-8-7(6-15)1-2-10(17)14-8/h7-9,16H,1-6H2,(H,13,20)(H,14,17)(H,18,19)/t7?,8?,9-/m0/s1. The molecule has 3 atom stereocenters. The zero-order valence-corrected chi connectivity index (χ0v) is 11.0. The Morgan fingerprint density at radius 3 is 2.90 bits per heavy atom. The van der Waals surface area contributed by atoms with Crippen molar-refractivity contribution in [3.63, 3.8) is 0 Å². The summed E-state index contributed by atoms with van der Waals surface area (Å²) in [5.74, 6) is -1.05. The van der Waals surface area contributed by atoms with Gasteiger partial charge in [-0.3, -0.25) is 4.79 Å². The Morgan fingerprint density at radius 1 is 1.45 bits per heavy atom. The van der Waals surface area contributed by atoms with Crippen LogP contribution in [-0.2, 0) is 9.59 Å². The highest BCUT2D eigenvalue weighted by atomic mass is 16.4. The van der Waals surface area contributed by atoms with Gasteiger partial charge in [0.15, 0.2) is 6.10 Å². The first-order valence-electron chi connectivity index (χ1n) is 6.70. The predicted octanol–water partition coefficient (Wildman–Crippen LogP) is -1.26. The number of hydrogen-bond acceptors (Lipinski definition) is 4. The summed E-state index contributed by atoms with van der Waals surface area (Å²) in [5.41, 5.74) is 0. The molecule has 0 aromatic rings. The molecular formula is C12H19N3O5. The van der Waals surface area contributed by atoms with Gasteiger partial charge in [-0.05, 0) is 18.8 Å². The smallest absolute Gasteiger partial charge is 0.334 e. The molecule has 2 aliphatic heterocycles. The molecule has 0 aromatic carbocycles.